The van der Waals surface area contributed by atoms with E-state index in [1.54, 1.807) is 0 Å². The van der Waals surface area contributed by atoms with Crippen molar-refractivity contribution in [3.05, 3.63) is 209 Å². The minimum absolute atomic E-state index is 0.0186. The number of ether oxygens (including phenoxy) is 1. The zero-order valence-electron chi connectivity index (χ0n) is 50.4. The molecule has 0 saturated carbocycles. The van der Waals surface area contributed by atoms with E-state index in [0.717, 1.165) is 72.4 Å². The molecule has 8 aromatic carbocycles. The third kappa shape index (κ3) is 9.56. The van der Waals surface area contributed by atoms with Crippen molar-refractivity contribution in [2.45, 2.75) is 131 Å². The largest absolute Gasteiger partial charge is 0.466 e. The van der Waals surface area contributed by atoms with Gasteiger partial charge in [0.25, 0.3) is 0 Å². The molecule has 0 saturated heterocycles. The van der Waals surface area contributed by atoms with Gasteiger partial charge in [0.15, 0.2) is 0 Å². The summed E-state index contributed by atoms with van der Waals surface area (Å²) in [5, 5.41) is 3.86. The number of aromatic nitrogens is 2. The Morgan fingerprint density at radius 2 is 1.02 bits per heavy atom. The summed E-state index contributed by atoms with van der Waals surface area (Å²) in [5.41, 5.74) is 18.9. The molecule has 82 heavy (non-hydrogen) atoms. The second-order valence-corrected chi connectivity index (χ2v) is 27.7. The first-order chi connectivity index (χ1) is 38.7. The first-order valence-electron chi connectivity index (χ1n) is 28.9. The van der Waals surface area contributed by atoms with Crippen molar-refractivity contribution in [1.29, 1.82) is 0 Å². The van der Waals surface area contributed by atoms with E-state index in [1.807, 2.05) is 24.4 Å². The van der Waals surface area contributed by atoms with Gasteiger partial charge in [-0.15, -0.1) is 0 Å². The van der Waals surface area contributed by atoms with Gasteiger partial charge in [0, 0.05) is 51.3 Å². The molecule has 0 bridgehead atoms. The number of furan rings is 1. The second-order valence-electron chi connectivity index (χ2n) is 27.7. The number of nitrogens with zero attached hydrogens (tertiary/aromatic N) is 5. The molecular formula is C75H75N5O2. The van der Waals surface area contributed by atoms with Crippen molar-refractivity contribution in [2.75, 3.05) is 16.5 Å². The van der Waals surface area contributed by atoms with E-state index in [9.17, 15) is 0 Å². The maximum Gasteiger partial charge on any atom is 0.229 e. The van der Waals surface area contributed by atoms with Gasteiger partial charge in [-0.05, 0) is 139 Å². The second kappa shape index (κ2) is 19.3. The van der Waals surface area contributed by atoms with Crippen LogP contribution in [0, 0.1) is 6.57 Å². The van der Waals surface area contributed by atoms with Gasteiger partial charge >= 0.3 is 0 Å². The molecule has 1 aliphatic heterocycles. The maximum atomic E-state index is 7.95. The highest BCUT2D eigenvalue weighted by molar-refractivity contribution is 6.24. The Bertz CT molecular complexity index is 4280. The smallest absolute Gasteiger partial charge is 0.229 e. The molecule has 0 radical (unpaired) electrons. The van der Waals surface area contributed by atoms with Crippen molar-refractivity contribution >= 4 is 72.2 Å². The Morgan fingerprint density at radius 3 is 1.61 bits per heavy atom. The molecule has 1 aliphatic rings. The molecule has 0 unspecified atom stereocenters. The summed E-state index contributed by atoms with van der Waals surface area (Å²) in [6, 6.07) is 59.8. The standard InChI is InChI=1S/C75H75N5O2/c1-71(2,3)48-28-24-46(25-29-48)59-40-52(75(13,14)15)41-60(47-26-30-49(31-27-47)72(4,5)6)68(59)79-45-78(62-22-17-18-23-63(62)79)53-38-51(74(10,11)12)39-55(43-53)81-54-32-33-58-65(44-54)80(66-42-50(36-37-77-66)73(7,8)9)64-35-34-57-56-20-19-21-61(76-16)69(56)82-70(57)67(58)64/h17-44H,45H2,1-15H3. The summed E-state index contributed by atoms with van der Waals surface area (Å²) in [6.07, 6.45) is 1.91. The SMILES string of the molecule is [C-]#[N+]c1cccc2c1oc1c2ccc2c1c1ccc(Oc3cc(N4CN(c5c(-c6ccc(C(C)(C)C)cc6)cc(C(C)(C)C)cc5-c5ccc(C(C)(C)C)cc5)c5ccccc54)cc(C(C)(C)C)c3)cc1n2-c1cc(C(C)(C)C)ccn1. The molecule has 0 amide bonds. The molecule has 7 heteroatoms. The van der Waals surface area contributed by atoms with E-state index < -0.39 is 0 Å². The van der Waals surface area contributed by atoms with Crippen LogP contribution in [0.15, 0.2) is 174 Å². The number of pyridine rings is 1. The number of para-hydroxylation sites is 3. The van der Waals surface area contributed by atoms with Gasteiger partial charge < -0.3 is 19.0 Å². The Kier molecular flexibility index (Phi) is 12.7. The minimum Gasteiger partial charge on any atom is -0.466 e. The van der Waals surface area contributed by atoms with Crippen LogP contribution in [0.2, 0.25) is 0 Å². The molecule has 3 aromatic heterocycles. The van der Waals surface area contributed by atoms with Gasteiger partial charge in [-0.25, -0.2) is 9.83 Å². The number of anilines is 4. The molecule has 0 atom stereocenters. The normalized spacial score (nSPS) is 13.4. The Labute approximate surface area is 484 Å². The third-order valence-electron chi connectivity index (χ3n) is 16.7. The summed E-state index contributed by atoms with van der Waals surface area (Å²) in [4.78, 5) is 13.9. The lowest BCUT2D eigenvalue weighted by Crippen LogP contribution is -2.26. The lowest BCUT2D eigenvalue weighted by Gasteiger charge is -2.31. The highest BCUT2D eigenvalue weighted by Crippen LogP contribution is 2.53. The van der Waals surface area contributed by atoms with Crippen molar-refractivity contribution in [3.8, 4) is 39.6 Å². The molecule has 0 aliphatic carbocycles. The monoisotopic (exact) mass is 1080 g/mol. The zero-order chi connectivity index (χ0) is 58.0. The topological polar surface area (TPSA) is 51.0 Å². The van der Waals surface area contributed by atoms with Crippen molar-refractivity contribution in [3.63, 3.8) is 0 Å². The van der Waals surface area contributed by atoms with Crippen LogP contribution in [-0.2, 0) is 27.1 Å². The fraction of sp³-hybridized carbons (Fsp3) is 0.280. The lowest BCUT2D eigenvalue weighted by atomic mass is 9.81. The van der Waals surface area contributed by atoms with Crippen LogP contribution >= 0.6 is 0 Å². The Balaban J connectivity index is 1.02. The minimum atomic E-state index is -0.209. The van der Waals surface area contributed by atoms with Crippen LogP contribution < -0.4 is 14.5 Å². The fourth-order valence-electron chi connectivity index (χ4n) is 11.8. The van der Waals surface area contributed by atoms with Crippen LogP contribution in [0.5, 0.6) is 11.5 Å². The molecule has 0 N–H and O–H groups in total. The molecule has 7 nitrogen and oxygen atoms in total. The number of hydrogen-bond acceptors (Lipinski definition) is 5. The quantitative estimate of drug-likeness (QED) is 0.149. The highest BCUT2D eigenvalue weighted by Gasteiger charge is 2.34. The first-order valence-corrected chi connectivity index (χ1v) is 28.9. The Morgan fingerprint density at radius 1 is 0.463 bits per heavy atom. The van der Waals surface area contributed by atoms with Gasteiger partial charge in [0.05, 0.1) is 40.1 Å². The van der Waals surface area contributed by atoms with Crippen molar-refractivity contribution in [1.82, 2.24) is 9.55 Å². The van der Waals surface area contributed by atoms with Gasteiger partial charge in [-0.2, -0.15) is 0 Å². The molecule has 11 aromatic rings. The predicted octanol–water partition coefficient (Wildman–Crippen LogP) is 21.5. The highest BCUT2D eigenvalue weighted by atomic mass is 16.5. The van der Waals surface area contributed by atoms with Crippen LogP contribution in [0.25, 0.3) is 76.7 Å². The van der Waals surface area contributed by atoms with E-state index in [0.29, 0.717) is 23.7 Å². The summed E-state index contributed by atoms with van der Waals surface area (Å²) in [7, 11) is 0. The maximum absolute atomic E-state index is 7.95. The van der Waals surface area contributed by atoms with Crippen LogP contribution in [0.4, 0.5) is 28.4 Å². The van der Waals surface area contributed by atoms with Crippen LogP contribution in [0.3, 0.4) is 0 Å². The molecule has 412 valence electrons. The molecule has 12 rings (SSSR count). The average Bonchev–Trinajstić information content (AvgIpc) is 3.79. The molecular weight excluding hydrogens is 1000 g/mol. The summed E-state index contributed by atoms with van der Waals surface area (Å²) < 4.78 is 16.2. The fourth-order valence-corrected chi connectivity index (χ4v) is 11.8. The van der Waals surface area contributed by atoms with Gasteiger partial charge in [-0.1, -0.05) is 183 Å². The summed E-state index contributed by atoms with van der Waals surface area (Å²) in [6.45, 7) is 42.7. The van der Waals surface area contributed by atoms with E-state index in [-0.39, 0.29) is 27.1 Å². The van der Waals surface area contributed by atoms with Gasteiger partial charge in [0.2, 0.25) is 5.69 Å². The van der Waals surface area contributed by atoms with Gasteiger partial charge in [0.1, 0.15) is 35.2 Å². The van der Waals surface area contributed by atoms with Crippen LogP contribution in [0.1, 0.15) is 132 Å². The predicted molar refractivity (Wildman–Crippen MR) is 345 cm³/mol. The van der Waals surface area contributed by atoms with E-state index in [2.05, 4.69) is 269 Å². The van der Waals surface area contributed by atoms with Crippen molar-refractivity contribution in [2.24, 2.45) is 0 Å². The van der Waals surface area contributed by atoms with Gasteiger partial charge in [-0.3, -0.25) is 4.57 Å². The molecule has 0 fully saturated rings. The van der Waals surface area contributed by atoms with E-state index in [4.69, 9.17) is 20.7 Å². The number of hydrogen-bond donors (Lipinski definition) is 0. The lowest BCUT2D eigenvalue weighted by molar-refractivity contribution is 0.479. The van der Waals surface area contributed by atoms with Crippen LogP contribution in [-0.4, -0.2) is 16.2 Å². The Hall–Kier alpha value is -8.60. The zero-order valence-corrected chi connectivity index (χ0v) is 50.4. The number of fused-ring (bicyclic) bond motifs is 8. The third-order valence-corrected chi connectivity index (χ3v) is 16.7. The number of rotatable bonds is 7. The van der Waals surface area contributed by atoms with Crippen molar-refractivity contribution < 1.29 is 9.15 Å². The summed E-state index contributed by atoms with van der Waals surface area (Å²) in [5.74, 6) is 2.25. The van der Waals surface area contributed by atoms with E-state index in [1.165, 1.54) is 50.2 Å². The average molecular weight is 1080 g/mol. The number of benzene rings is 8. The first kappa shape index (κ1) is 54.0. The van der Waals surface area contributed by atoms with E-state index >= 15 is 0 Å². The summed E-state index contributed by atoms with van der Waals surface area (Å²) >= 11 is 0. The molecule has 0 spiro atoms. The molecule has 4 heterocycles.